The van der Waals surface area contributed by atoms with E-state index in [9.17, 15) is 0 Å². The summed E-state index contributed by atoms with van der Waals surface area (Å²) in [5.74, 6) is 0.491. The summed E-state index contributed by atoms with van der Waals surface area (Å²) in [6.07, 6.45) is 2.83. The van der Waals surface area contributed by atoms with Crippen LogP contribution in [0.25, 0.3) is 10.9 Å². The summed E-state index contributed by atoms with van der Waals surface area (Å²) in [5.41, 5.74) is 7.85. The van der Waals surface area contributed by atoms with Crippen LogP contribution in [0.5, 0.6) is 0 Å². The van der Waals surface area contributed by atoms with Crippen LogP contribution in [0.2, 0.25) is 0 Å². The fourth-order valence-corrected chi connectivity index (χ4v) is 1.77. The van der Waals surface area contributed by atoms with Crippen molar-refractivity contribution < 1.29 is 0 Å². The number of benzene rings is 1. The van der Waals surface area contributed by atoms with Gasteiger partial charge in [-0.2, -0.15) is 0 Å². The van der Waals surface area contributed by atoms with E-state index in [0.29, 0.717) is 12.5 Å². The maximum atomic E-state index is 5.77. The van der Waals surface area contributed by atoms with E-state index in [1.54, 1.807) is 6.20 Å². The molecule has 0 unspecified atom stereocenters. The van der Waals surface area contributed by atoms with Crippen LogP contribution in [0.4, 0.5) is 0 Å². The molecule has 0 atom stereocenters. The summed E-state index contributed by atoms with van der Waals surface area (Å²) in [4.78, 5) is 8.72. The molecule has 0 aliphatic rings. The van der Waals surface area contributed by atoms with Crippen LogP contribution in [-0.2, 0) is 6.54 Å². The Labute approximate surface area is 107 Å². The molecule has 0 amide bonds. The lowest BCUT2D eigenvalue weighted by molar-refractivity contribution is 0.825. The lowest BCUT2D eigenvalue weighted by atomic mass is 10.1. The number of hydrogen-bond donors (Lipinski definition) is 2. The largest absolute Gasteiger partial charge is 0.370 e. The summed E-state index contributed by atoms with van der Waals surface area (Å²) in [7, 11) is 0. The second-order valence-electron chi connectivity index (χ2n) is 4.12. The van der Waals surface area contributed by atoms with Crippen LogP contribution < -0.4 is 11.1 Å². The van der Waals surface area contributed by atoms with Crippen LogP contribution in [0.15, 0.2) is 41.5 Å². The molecule has 0 bridgehead atoms. The number of pyridine rings is 1. The van der Waals surface area contributed by atoms with Crippen molar-refractivity contribution in [2.45, 2.75) is 19.9 Å². The van der Waals surface area contributed by atoms with Crippen molar-refractivity contribution in [2.24, 2.45) is 10.7 Å². The van der Waals surface area contributed by atoms with Gasteiger partial charge in [-0.15, -0.1) is 0 Å². The standard InChI is InChI=1S/C14H18N4/c1-2-8-17-14(15)18-10-12-6-3-5-11-7-4-9-16-13(11)12/h3-7,9H,2,8,10H2,1H3,(H3,15,17,18). The summed E-state index contributed by atoms with van der Waals surface area (Å²) in [6.45, 7) is 3.49. The Balaban J connectivity index is 2.17. The minimum absolute atomic E-state index is 0.491. The zero-order chi connectivity index (χ0) is 12.8. The number of fused-ring (bicyclic) bond motifs is 1. The zero-order valence-electron chi connectivity index (χ0n) is 10.6. The first-order chi connectivity index (χ1) is 8.81. The lowest BCUT2D eigenvalue weighted by Gasteiger charge is -2.05. The molecule has 0 saturated heterocycles. The van der Waals surface area contributed by atoms with Gasteiger partial charge in [0.2, 0.25) is 0 Å². The second-order valence-corrected chi connectivity index (χ2v) is 4.12. The third-order valence-electron chi connectivity index (χ3n) is 2.69. The molecule has 4 heteroatoms. The number of hydrogen-bond acceptors (Lipinski definition) is 2. The first kappa shape index (κ1) is 12.4. The Hall–Kier alpha value is -2.10. The van der Waals surface area contributed by atoms with Gasteiger partial charge in [0.15, 0.2) is 5.96 Å². The third kappa shape index (κ3) is 2.97. The van der Waals surface area contributed by atoms with Crippen molar-refractivity contribution in [3.05, 3.63) is 42.1 Å². The molecule has 4 nitrogen and oxygen atoms in total. The van der Waals surface area contributed by atoms with Crippen molar-refractivity contribution in [2.75, 3.05) is 6.54 Å². The number of nitrogens with one attached hydrogen (secondary N) is 1. The van der Waals surface area contributed by atoms with Gasteiger partial charge in [0.05, 0.1) is 12.1 Å². The minimum Gasteiger partial charge on any atom is -0.370 e. The van der Waals surface area contributed by atoms with Crippen molar-refractivity contribution in [1.29, 1.82) is 0 Å². The fraction of sp³-hybridized carbons (Fsp3) is 0.286. The summed E-state index contributed by atoms with van der Waals surface area (Å²) in [6, 6.07) is 10.1. The monoisotopic (exact) mass is 242 g/mol. The molecule has 2 aromatic rings. The normalized spacial score (nSPS) is 11.7. The smallest absolute Gasteiger partial charge is 0.188 e. The summed E-state index contributed by atoms with van der Waals surface area (Å²) >= 11 is 0. The van der Waals surface area contributed by atoms with Crippen LogP contribution in [-0.4, -0.2) is 17.5 Å². The molecule has 0 aliphatic carbocycles. The van der Waals surface area contributed by atoms with Crippen molar-refractivity contribution in [3.63, 3.8) is 0 Å². The molecule has 2 rings (SSSR count). The second kappa shape index (κ2) is 6.00. The molecule has 1 aromatic heterocycles. The van der Waals surface area contributed by atoms with Crippen LogP contribution in [0.1, 0.15) is 18.9 Å². The van der Waals surface area contributed by atoms with Gasteiger partial charge in [-0.1, -0.05) is 31.2 Å². The van der Waals surface area contributed by atoms with E-state index in [2.05, 4.69) is 22.2 Å². The number of aromatic nitrogens is 1. The molecule has 0 spiro atoms. The van der Waals surface area contributed by atoms with Gasteiger partial charge in [-0.3, -0.25) is 4.98 Å². The molecule has 0 saturated carbocycles. The van der Waals surface area contributed by atoms with E-state index in [-0.39, 0.29) is 0 Å². The Kier molecular flexibility index (Phi) is 4.12. The van der Waals surface area contributed by atoms with Gasteiger partial charge in [0, 0.05) is 18.1 Å². The zero-order valence-corrected chi connectivity index (χ0v) is 10.6. The number of rotatable bonds is 4. The molecule has 18 heavy (non-hydrogen) atoms. The highest BCUT2D eigenvalue weighted by atomic mass is 15.1. The van der Waals surface area contributed by atoms with Crippen LogP contribution in [0, 0.1) is 0 Å². The molecule has 0 aliphatic heterocycles. The topological polar surface area (TPSA) is 63.3 Å². The van der Waals surface area contributed by atoms with Crippen molar-refractivity contribution >= 4 is 16.9 Å². The Morgan fingerprint density at radius 3 is 3.00 bits per heavy atom. The first-order valence-electron chi connectivity index (χ1n) is 6.17. The maximum absolute atomic E-state index is 5.77. The highest BCUT2D eigenvalue weighted by Gasteiger charge is 2.00. The van der Waals surface area contributed by atoms with Crippen molar-refractivity contribution in [1.82, 2.24) is 10.3 Å². The van der Waals surface area contributed by atoms with Gasteiger partial charge in [0.1, 0.15) is 0 Å². The van der Waals surface area contributed by atoms with E-state index >= 15 is 0 Å². The quantitative estimate of drug-likeness (QED) is 0.637. The average molecular weight is 242 g/mol. The predicted molar refractivity (Wildman–Crippen MR) is 75.4 cm³/mol. The SMILES string of the molecule is CCCNC(N)=NCc1cccc2cccnc12. The van der Waals surface area contributed by atoms with Crippen LogP contribution >= 0.6 is 0 Å². The van der Waals surface area contributed by atoms with E-state index in [4.69, 9.17) is 5.73 Å². The van der Waals surface area contributed by atoms with Gasteiger partial charge in [-0.05, 0) is 18.1 Å². The number of nitrogens with two attached hydrogens (primary N) is 1. The lowest BCUT2D eigenvalue weighted by Crippen LogP contribution is -2.32. The molecule has 0 fully saturated rings. The molecule has 1 aromatic carbocycles. The Bertz CT molecular complexity index is 543. The van der Waals surface area contributed by atoms with Gasteiger partial charge < -0.3 is 11.1 Å². The highest BCUT2D eigenvalue weighted by Crippen LogP contribution is 2.16. The maximum Gasteiger partial charge on any atom is 0.188 e. The molecule has 0 radical (unpaired) electrons. The van der Waals surface area contributed by atoms with E-state index in [0.717, 1.165) is 29.4 Å². The summed E-state index contributed by atoms with van der Waals surface area (Å²) in [5, 5.41) is 4.19. The number of nitrogens with zero attached hydrogens (tertiary/aromatic N) is 2. The van der Waals surface area contributed by atoms with Crippen molar-refractivity contribution in [3.8, 4) is 0 Å². The summed E-state index contributed by atoms with van der Waals surface area (Å²) < 4.78 is 0. The molecular formula is C14H18N4. The predicted octanol–water partition coefficient (Wildman–Crippen LogP) is 2.05. The van der Waals surface area contributed by atoms with E-state index in [1.807, 2.05) is 30.3 Å². The fourth-order valence-electron chi connectivity index (χ4n) is 1.77. The minimum atomic E-state index is 0.491. The molecular weight excluding hydrogens is 224 g/mol. The number of guanidine groups is 1. The Morgan fingerprint density at radius 2 is 2.17 bits per heavy atom. The highest BCUT2D eigenvalue weighted by molar-refractivity contribution is 5.82. The number of para-hydroxylation sites is 1. The average Bonchev–Trinajstić information content (AvgIpc) is 2.42. The molecule has 94 valence electrons. The van der Waals surface area contributed by atoms with E-state index < -0.39 is 0 Å². The molecule has 3 N–H and O–H groups in total. The van der Waals surface area contributed by atoms with Gasteiger partial charge >= 0.3 is 0 Å². The van der Waals surface area contributed by atoms with Gasteiger partial charge in [0.25, 0.3) is 0 Å². The number of aliphatic imine (C=N–C) groups is 1. The molecule has 1 heterocycles. The van der Waals surface area contributed by atoms with E-state index in [1.165, 1.54) is 0 Å². The van der Waals surface area contributed by atoms with Crippen LogP contribution in [0.3, 0.4) is 0 Å². The Morgan fingerprint density at radius 1 is 1.33 bits per heavy atom. The first-order valence-corrected chi connectivity index (χ1v) is 6.17. The third-order valence-corrected chi connectivity index (χ3v) is 2.69. The van der Waals surface area contributed by atoms with Gasteiger partial charge in [-0.25, -0.2) is 4.99 Å².